The second kappa shape index (κ2) is 11.7. The van der Waals surface area contributed by atoms with Crippen LogP contribution in [0.25, 0.3) is 32.2 Å². The highest BCUT2D eigenvalue weighted by Gasteiger charge is 2.12. The number of benzene rings is 2. The number of rotatable bonds is 12. The van der Waals surface area contributed by atoms with E-state index in [1.807, 2.05) is 11.3 Å². The molecule has 0 unspecified atom stereocenters. The molecular weight excluding hydrogens is 438 g/mol. The van der Waals surface area contributed by atoms with Crippen LogP contribution in [0.1, 0.15) is 57.1 Å². The molecule has 4 aromatic rings. The third kappa shape index (κ3) is 5.89. The van der Waals surface area contributed by atoms with Crippen LogP contribution in [0.4, 0.5) is 0 Å². The molecule has 34 heavy (non-hydrogen) atoms. The molecule has 0 aliphatic carbocycles. The molecular formula is C29H37N3OS. The molecule has 1 amide bonds. The average Bonchev–Trinajstić information content (AvgIpc) is 3.40. The predicted molar refractivity (Wildman–Crippen MR) is 147 cm³/mol. The van der Waals surface area contributed by atoms with E-state index in [-0.39, 0.29) is 5.91 Å². The van der Waals surface area contributed by atoms with Crippen molar-refractivity contribution in [1.29, 1.82) is 0 Å². The molecule has 0 atom stereocenters. The SMILES string of the molecule is CCn1c2ccc(CNCCCCCCCNC(C)=O)cc2c2ccc(-c3cc(C)cs3)cc21. The van der Waals surface area contributed by atoms with E-state index in [0.29, 0.717) is 0 Å². The first-order valence-electron chi connectivity index (χ1n) is 12.6. The van der Waals surface area contributed by atoms with Gasteiger partial charge in [0, 0.05) is 53.2 Å². The molecule has 0 saturated heterocycles. The minimum Gasteiger partial charge on any atom is -0.356 e. The Balaban J connectivity index is 1.36. The number of amides is 1. The van der Waals surface area contributed by atoms with Gasteiger partial charge in [0.15, 0.2) is 0 Å². The predicted octanol–water partition coefficient (Wildman–Crippen LogP) is 7.03. The molecule has 4 rings (SSSR count). The first-order chi connectivity index (χ1) is 16.6. The van der Waals surface area contributed by atoms with Crippen molar-refractivity contribution in [2.45, 2.75) is 66.0 Å². The first-order valence-corrected chi connectivity index (χ1v) is 13.5. The minimum atomic E-state index is 0.0693. The zero-order valence-corrected chi connectivity index (χ0v) is 21.6. The van der Waals surface area contributed by atoms with Gasteiger partial charge in [0.2, 0.25) is 5.91 Å². The summed E-state index contributed by atoms with van der Waals surface area (Å²) in [6.45, 7) is 9.70. The highest BCUT2D eigenvalue weighted by molar-refractivity contribution is 7.13. The van der Waals surface area contributed by atoms with Crippen LogP contribution in [-0.4, -0.2) is 23.6 Å². The van der Waals surface area contributed by atoms with Gasteiger partial charge in [0.05, 0.1) is 0 Å². The van der Waals surface area contributed by atoms with Crippen LogP contribution in [0, 0.1) is 6.92 Å². The number of unbranched alkanes of at least 4 members (excludes halogenated alkanes) is 4. The Hall–Kier alpha value is -2.63. The Morgan fingerprint density at radius 2 is 1.71 bits per heavy atom. The van der Waals surface area contributed by atoms with Gasteiger partial charge in [0.25, 0.3) is 0 Å². The maximum Gasteiger partial charge on any atom is 0.216 e. The summed E-state index contributed by atoms with van der Waals surface area (Å²) < 4.78 is 2.44. The fourth-order valence-corrected chi connectivity index (χ4v) is 5.63. The maximum absolute atomic E-state index is 10.9. The average molecular weight is 476 g/mol. The van der Waals surface area contributed by atoms with Crippen LogP contribution in [0.5, 0.6) is 0 Å². The lowest BCUT2D eigenvalue weighted by atomic mass is 10.1. The van der Waals surface area contributed by atoms with Gasteiger partial charge in [-0.15, -0.1) is 11.3 Å². The van der Waals surface area contributed by atoms with Gasteiger partial charge in [-0.1, -0.05) is 37.5 Å². The fraction of sp³-hybridized carbons (Fsp3) is 0.414. The number of thiophene rings is 1. The van der Waals surface area contributed by atoms with E-state index >= 15 is 0 Å². The summed E-state index contributed by atoms with van der Waals surface area (Å²) in [7, 11) is 0. The molecule has 0 radical (unpaired) electrons. The zero-order valence-electron chi connectivity index (χ0n) is 20.7. The molecule has 2 N–H and O–H groups in total. The van der Waals surface area contributed by atoms with Crippen molar-refractivity contribution < 1.29 is 4.79 Å². The molecule has 0 spiro atoms. The quantitative estimate of drug-likeness (QED) is 0.216. The Bertz CT molecular complexity index is 1250. The van der Waals surface area contributed by atoms with Crippen LogP contribution in [0.2, 0.25) is 0 Å². The first kappa shape index (κ1) is 24.5. The van der Waals surface area contributed by atoms with Gasteiger partial charge < -0.3 is 15.2 Å². The summed E-state index contributed by atoms with van der Waals surface area (Å²) in [6, 6.07) is 16.1. The van der Waals surface area contributed by atoms with E-state index in [0.717, 1.165) is 32.6 Å². The summed E-state index contributed by atoms with van der Waals surface area (Å²) in [5, 5.41) is 11.4. The lowest BCUT2D eigenvalue weighted by Crippen LogP contribution is -2.20. The molecule has 2 aromatic heterocycles. The highest BCUT2D eigenvalue weighted by atomic mass is 32.1. The van der Waals surface area contributed by atoms with Crippen molar-refractivity contribution in [1.82, 2.24) is 15.2 Å². The van der Waals surface area contributed by atoms with Crippen molar-refractivity contribution in [3.8, 4) is 10.4 Å². The lowest BCUT2D eigenvalue weighted by molar-refractivity contribution is -0.118. The molecule has 5 heteroatoms. The van der Waals surface area contributed by atoms with Crippen molar-refractivity contribution in [3.63, 3.8) is 0 Å². The summed E-state index contributed by atoms with van der Waals surface area (Å²) in [6.07, 6.45) is 5.93. The van der Waals surface area contributed by atoms with Crippen molar-refractivity contribution in [2.75, 3.05) is 13.1 Å². The van der Waals surface area contributed by atoms with Crippen LogP contribution in [-0.2, 0) is 17.9 Å². The largest absolute Gasteiger partial charge is 0.356 e. The lowest BCUT2D eigenvalue weighted by Gasteiger charge is -2.07. The van der Waals surface area contributed by atoms with Crippen molar-refractivity contribution in [3.05, 3.63) is 59.0 Å². The van der Waals surface area contributed by atoms with E-state index in [4.69, 9.17) is 0 Å². The maximum atomic E-state index is 10.9. The van der Waals surface area contributed by atoms with Gasteiger partial charge >= 0.3 is 0 Å². The Kier molecular flexibility index (Phi) is 8.41. The standard InChI is InChI=1S/C29H37N3OS/c1-4-32-27-13-10-23(19-30-14-8-6-5-7-9-15-31-22(3)33)17-26(27)25-12-11-24(18-28(25)32)29-16-21(2)20-34-29/h10-13,16-18,20,30H,4-9,14-15,19H2,1-3H3,(H,31,33). The second-order valence-electron chi connectivity index (χ2n) is 9.24. The van der Waals surface area contributed by atoms with Gasteiger partial charge in [-0.05, 0) is 79.6 Å². The Labute approximate surface area is 207 Å². The van der Waals surface area contributed by atoms with Crippen molar-refractivity contribution >= 4 is 39.0 Å². The topological polar surface area (TPSA) is 46.1 Å². The van der Waals surface area contributed by atoms with Crippen LogP contribution < -0.4 is 10.6 Å². The van der Waals surface area contributed by atoms with Crippen molar-refractivity contribution in [2.24, 2.45) is 0 Å². The molecule has 0 bridgehead atoms. The third-order valence-electron chi connectivity index (χ3n) is 6.50. The number of aryl methyl sites for hydroxylation is 2. The number of carbonyl (C=O) groups excluding carboxylic acids is 1. The fourth-order valence-electron chi connectivity index (χ4n) is 4.74. The molecule has 0 fully saturated rings. The summed E-state index contributed by atoms with van der Waals surface area (Å²) in [5.41, 5.74) is 6.62. The number of hydrogen-bond donors (Lipinski definition) is 2. The van der Waals surface area contributed by atoms with Gasteiger partial charge in [-0.25, -0.2) is 0 Å². The van der Waals surface area contributed by atoms with Crippen LogP contribution in [0.15, 0.2) is 47.8 Å². The number of fused-ring (bicyclic) bond motifs is 3. The van der Waals surface area contributed by atoms with Gasteiger partial charge in [-0.3, -0.25) is 4.79 Å². The Morgan fingerprint density at radius 1 is 0.912 bits per heavy atom. The minimum absolute atomic E-state index is 0.0693. The van der Waals surface area contributed by atoms with E-state index in [1.54, 1.807) is 6.92 Å². The molecule has 0 aliphatic heterocycles. The molecule has 4 nitrogen and oxygen atoms in total. The number of hydrogen-bond acceptors (Lipinski definition) is 3. The summed E-state index contributed by atoms with van der Waals surface area (Å²) >= 11 is 1.82. The van der Waals surface area contributed by atoms with Crippen LogP contribution >= 0.6 is 11.3 Å². The highest BCUT2D eigenvalue weighted by Crippen LogP contribution is 2.35. The number of aromatic nitrogens is 1. The third-order valence-corrected chi connectivity index (χ3v) is 7.59. The number of nitrogens with zero attached hydrogens (tertiary/aromatic N) is 1. The van der Waals surface area contributed by atoms with E-state index in [9.17, 15) is 4.79 Å². The molecule has 180 valence electrons. The van der Waals surface area contributed by atoms with Crippen LogP contribution in [0.3, 0.4) is 0 Å². The van der Waals surface area contributed by atoms with E-state index < -0.39 is 0 Å². The molecule has 0 saturated carbocycles. The van der Waals surface area contributed by atoms with E-state index in [2.05, 4.69) is 76.9 Å². The second-order valence-corrected chi connectivity index (χ2v) is 10.2. The van der Waals surface area contributed by atoms with Gasteiger partial charge in [-0.2, -0.15) is 0 Å². The number of nitrogens with one attached hydrogen (secondary N) is 2. The summed E-state index contributed by atoms with van der Waals surface area (Å²) in [4.78, 5) is 12.2. The molecule has 2 heterocycles. The molecule has 2 aromatic carbocycles. The zero-order chi connectivity index (χ0) is 23.9. The Morgan fingerprint density at radius 3 is 2.44 bits per heavy atom. The number of carbonyl (C=O) groups is 1. The monoisotopic (exact) mass is 475 g/mol. The smallest absolute Gasteiger partial charge is 0.216 e. The van der Waals surface area contributed by atoms with Gasteiger partial charge in [0.1, 0.15) is 0 Å². The van der Waals surface area contributed by atoms with E-state index in [1.165, 1.54) is 69.1 Å². The normalized spacial score (nSPS) is 11.5. The molecule has 0 aliphatic rings. The summed E-state index contributed by atoms with van der Waals surface area (Å²) in [5.74, 6) is 0.0693.